The molecule has 0 aliphatic carbocycles. The van der Waals surface area contributed by atoms with Crippen molar-refractivity contribution in [3.63, 3.8) is 0 Å². The third kappa shape index (κ3) is 6.61. The molecule has 0 bridgehead atoms. The summed E-state index contributed by atoms with van der Waals surface area (Å²) in [5.74, 6) is -31.3. The summed E-state index contributed by atoms with van der Waals surface area (Å²) < 4.78 is 252. The molecule has 0 saturated heterocycles. The van der Waals surface area contributed by atoms with Gasteiger partial charge in [-0.1, -0.05) is 0 Å². The van der Waals surface area contributed by atoms with Gasteiger partial charge in [-0.2, -0.15) is 35.1 Å². The predicted molar refractivity (Wildman–Crippen MR) is 69.8 cm³/mol. The molecule has 22 heteroatoms. The van der Waals surface area contributed by atoms with E-state index in [1.165, 1.54) is 0 Å². The molecule has 0 fully saturated rings. The smallest absolute Gasteiger partial charge is 0.746 e. The summed E-state index contributed by atoms with van der Waals surface area (Å²) in [6.45, 7) is 0. The maximum absolute atomic E-state index is 13.4. The van der Waals surface area contributed by atoms with Gasteiger partial charge in [-0.3, -0.25) is 0 Å². The van der Waals surface area contributed by atoms with E-state index in [9.17, 15) is 87.6 Å². The molecule has 0 aromatic rings. The van der Waals surface area contributed by atoms with Crippen LogP contribution in [-0.2, 0) is 10.1 Å². The van der Waals surface area contributed by atoms with E-state index >= 15 is 0 Å². The summed E-state index contributed by atoms with van der Waals surface area (Å²) in [5, 5.41) is 0. The van der Waals surface area contributed by atoms with Gasteiger partial charge in [-0.25, -0.2) is 47.9 Å². The van der Waals surface area contributed by atoms with Crippen LogP contribution >= 0.6 is 0 Å². The average Bonchev–Trinajstić information content (AvgIpc) is 2.68. The fourth-order valence-electron chi connectivity index (χ4n) is 1.94. The van der Waals surface area contributed by atoms with Crippen molar-refractivity contribution in [3.8, 4) is 0 Å². The van der Waals surface area contributed by atoms with Gasteiger partial charge in [0, 0.05) is 0 Å². The second-order valence-electron chi connectivity index (χ2n) is 6.16. The molecule has 0 rings (SSSR count). The van der Waals surface area contributed by atoms with Crippen LogP contribution in [-0.4, -0.2) is 85.6 Å². The van der Waals surface area contributed by atoms with Crippen molar-refractivity contribution in [3.05, 3.63) is 0 Å². The van der Waals surface area contributed by atoms with E-state index in [2.05, 4.69) is 0 Å². The molecule has 0 aromatic heterocycles. The first-order valence-electron chi connectivity index (χ1n) is 7.54. The molecular formula is C12H8F17KO3S. The predicted octanol–water partition coefficient (Wildman–Crippen LogP) is 1.67. The van der Waals surface area contributed by atoms with Crippen LogP contribution in [0.15, 0.2) is 0 Å². The van der Waals surface area contributed by atoms with Crippen molar-refractivity contribution in [2.24, 2.45) is 0 Å². The van der Waals surface area contributed by atoms with E-state index in [-0.39, 0.29) is 51.4 Å². The van der Waals surface area contributed by atoms with Gasteiger partial charge >= 0.3 is 75.1 Å². The zero-order chi connectivity index (χ0) is 27.1. The molecule has 34 heavy (non-hydrogen) atoms. The van der Waals surface area contributed by atoms with Crippen LogP contribution in [0.2, 0.25) is 0 Å². The molecule has 0 saturated carbocycles. The van der Waals surface area contributed by atoms with Gasteiger partial charge in [0.2, 0.25) is 6.17 Å². The third-order valence-corrected chi connectivity index (χ3v) is 4.66. The largest absolute Gasteiger partial charge is 1.00 e. The quantitative estimate of drug-likeness (QED) is 0.197. The number of hydrogen-bond donors (Lipinski definition) is 0. The molecule has 0 spiro atoms. The Morgan fingerprint density at radius 3 is 1.15 bits per heavy atom. The summed E-state index contributed by atoms with van der Waals surface area (Å²) in [6, 6.07) is 0. The molecule has 7 atom stereocenters. The van der Waals surface area contributed by atoms with Crippen LogP contribution in [0, 0.1) is 0 Å². The van der Waals surface area contributed by atoms with Crippen molar-refractivity contribution >= 4 is 10.1 Å². The van der Waals surface area contributed by atoms with E-state index in [1.54, 1.807) is 0 Å². The number of halogens is 17. The second kappa shape index (κ2) is 11.8. The van der Waals surface area contributed by atoms with Crippen LogP contribution in [0.1, 0.15) is 0 Å². The van der Waals surface area contributed by atoms with Gasteiger partial charge in [-0.15, -0.1) is 0 Å². The molecule has 0 aliphatic rings. The molecular weight excluding hydrogens is 586 g/mol. The van der Waals surface area contributed by atoms with Crippen LogP contribution in [0.25, 0.3) is 0 Å². The Hall–Kier alpha value is 0.356. The first-order valence-corrected chi connectivity index (χ1v) is 9.01. The van der Waals surface area contributed by atoms with Crippen molar-refractivity contribution in [1.82, 2.24) is 0 Å². The molecule has 0 aromatic carbocycles. The van der Waals surface area contributed by atoms with Crippen molar-refractivity contribution in [1.29, 1.82) is 0 Å². The maximum Gasteiger partial charge on any atom is 1.00 e. The Bertz CT molecular complexity index is 765. The zero-order valence-electron chi connectivity index (χ0n) is 15.7. The number of alkyl halides is 17. The zero-order valence-corrected chi connectivity index (χ0v) is 19.6. The third-order valence-electron chi connectivity index (χ3n) is 3.85. The minimum absolute atomic E-state index is 0. The van der Waals surface area contributed by atoms with Gasteiger partial charge in [0.25, 0.3) is 11.9 Å². The van der Waals surface area contributed by atoms with Gasteiger partial charge in [0.05, 0.1) is 0 Å². The first-order chi connectivity index (χ1) is 14.3. The normalized spacial score (nSPS) is 20.7. The Morgan fingerprint density at radius 1 is 0.529 bits per heavy atom. The van der Waals surface area contributed by atoms with E-state index in [0.29, 0.717) is 0 Å². The summed E-state index contributed by atoms with van der Waals surface area (Å²) in [7, 11) is -7.28. The van der Waals surface area contributed by atoms with Crippen LogP contribution < -0.4 is 51.4 Å². The summed E-state index contributed by atoms with van der Waals surface area (Å²) in [5.41, 5.74) is -5.87. The minimum Gasteiger partial charge on any atom is -0.746 e. The summed E-state index contributed by atoms with van der Waals surface area (Å²) >= 11 is 0. The Morgan fingerprint density at radius 2 is 0.824 bits per heavy atom. The minimum atomic E-state index is -8.07. The Labute approximate surface area is 220 Å². The fraction of sp³-hybridized carbons (Fsp3) is 1.00. The summed E-state index contributed by atoms with van der Waals surface area (Å²) in [4.78, 5) is 0. The fourth-order valence-corrected chi connectivity index (χ4v) is 2.45. The van der Waals surface area contributed by atoms with Gasteiger partial charge in [0.15, 0.2) is 30.9 Å². The number of rotatable bonds is 12. The van der Waals surface area contributed by atoms with Crippen molar-refractivity contribution in [2.75, 3.05) is 0 Å². The molecule has 7 unspecified atom stereocenters. The maximum atomic E-state index is 13.4. The molecule has 200 valence electrons. The van der Waals surface area contributed by atoms with Gasteiger partial charge < -0.3 is 4.55 Å². The molecule has 0 heterocycles. The SMILES string of the molecule is O=S(=O)([O-])C(F)C(F)(F)C(F)(F)C(F)(F)C(F)(F)C(F)C(F)C(F)C(F)C(F)C(F)C(F)F.[K+]. The van der Waals surface area contributed by atoms with E-state index in [1.807, 2.05) is 0 Å². The van der Waals surface area contributed by atoms with E-state index < -0.39 is 82.8 Å². The average molecular weight is 594 g/mol. The number of hydrogen-bond acceptors (Lipinski definition) is 3. The summed E-state index contributed by atoms with van der Waals surface area (Å²) in [6.07, 6.45) is -33.9. The van der Waals surface area contributed by atoms with Crippen LogP contribution in [0.3, 0.4) is 0 Å². The molecule has 0 radical (unpaired) electrons. The molecule has 3 nitrogen and oxygen atoms in total. The van der Waals surface area contributed by atoms with E-state index in [4.69, 9.17) is 0 Å². The molecule has 0 N–H and O–H groups in total. The molecule has 0 amide bonds. The van der Waals surface area contributed by atoms with Crippen LogP contribution in [0.5, 0.6) is 0 Å². The molecule has 0 aliphatic heterocycles. The standard InChI is InChI=1S/C12H9F17O3S.K/c13-1(3(15)5(17)7(19)20)2(14)4(16)6(18)9(22,23)11(26,27)12(28,29)10(24,25)8(21)33(30,31)32;/h1-8H,(H,30,31,32);/q;+1/p-1. The van der Waals surface area contributed by atoms with Crippen molar-refractivity contribution < 1.29 is 139 Å². The van der Waals surface area contributed by atoms with Crippen molar-refractivity contribution in [2.45, 2.75) is 72.6 Å². The topological polar surface area (TPSA) is 57.2 Å². The monoisotopic (exact) mass is 594 g/mol. The van der Waals surface area contributed by atoms with E-state index in [0.717, 1.165) is 0 Å². The Balaban J connectivity index is 0. The Kier molecular flexibility index (Phi) is 12.7. The van der Waals surface area contributed by atoms with Gasteiger partial charge in [-0.05, 0) is 0 Å². The van der Waals surface area contributed by atoms with Crippen LogP contribution in [0.4, 0.5) is 74.6 Å². The van der Waals surface area contributed by atoms with Gasteiger partial charge in [0.1, 0.15) is 10.1 Å². The first kappa shape index (κ1) is 36.5. The second-order valence-corrected chi connectivity index (χ2v) is 7.56.